The van der Waals surface area contributed by atoms with Gasteiger partial charge >= 0.3 is 5.97 Å². The summed E-state index contributed by atoms with van der Waals surface area (Å²) >= 11 is 0. The van der Waals surface area contributed by atoms with Crippen molar-refractivity contribution in [2.45, 2.75) is 70.0 Å². The van der Waals surface area contributed by atoms with E-state index >= 15 is 0 Å². The zero-order chi connectivity index (χ0) is 48.3. The molecular formula is C52H61N7O9. The first kappa shape index (κ1) is 50.2. The molecule has 1 fully saturated rings. The number of carboxylic acids is 1. The number of carboxylic acid groups (broad SMARTS) is 1. The minimum absolute atomic E-state index is 0.00144. The largest absolute Gasteiger partial charge is 0.481 e. The Kier molecular flexibility index (Phi) is 18.5. The average Bonchev–Trinajstić information content (AvgIpc) is 3.34. The third kappa shape index (κ3) is 14.9. The van der Waals surface area contributed by atoms with Crippen LogP contribution in [-0.4, -0.2) is 109 Å². The number of nitrogens with two attached hydrogens (primary N) is 1. The van der Waals surface area contributed by atoms with Crippen molar-refractivity contribution < 1.29 is 43.4 Å². The normalized spacial score (nSPS) is 20.2. The summed E-state index contributed by atoms with van der Waals surface area (Å²) in [5.41, 5.74) is 9.95. The van der Waals surface area contributed by atoms with E-state index in [4.69, 9.17) is 10.5 Å². The van der Waals surface area contributed by atoms with Crippen LogP contribution in [-0.2, 0) is 70.5 Å². The Morgan fingerprint density at radius 2 is 1.56 bits per heavy atom. The summed E-state index contributed by atoms with van der Waals surface area (Å²) < 4.78 is 5.37. The summed E-state index contributed by atoms with van der Waals surface area (Å²) in [6, 6.07) is 29.8. The molecule has 358 valence electrons. The van der Waals surface area contributed by atoms with Gasteiger partial charge in [-0.2, -0.15) is 0 Å². The molecule has 6 rings (SSSR count). The third-order valence-electron chi connectivity index (χ3n) is 12.2. The second-order valence-corrected chi connectivity index (χ2v) is 17.2. The highest BCUT2D eigenvalue weighted by molar-refractivity contribution is 5.97. The Balaban J connectivity index is 1.30. The maximum absolute atomic E-state index is 14.9. The molecule has 0 aromatic heterocycles. The van der Waals surface area contributed by atoms with Crippen molar-refractivity contribution in [2.24, 2.45) is 11.1 Å². The van der Waals surface area contributed by atoms with Gasteiger partial charge < -0.3 is 47.1 Å². The predicted molar refractivity (Wildman–Crippen MR) is 255 cm³/mol. The van der Waals surface area contributed by atoms with Crippen LogP contribution >= 0.6 is 0 Å². The number of amides is 6. The lowest BCUT2D eigenvalue weighted by molar-refractivity contribution is -0.141. The molecule has 2 bridgehead atoms. The monoisotopic (exact) mass is 927 g/mol. The average molecular weight is 928 g/mol. The first-order chi connectivity index (χ1) is 32.9. The van der Waals surface area contributed by atoms with E-state index in [0.29, 0.717) is 50.1 Å². The number of piperidine rings is 1. The SMILES string of the molecule is NCCOCCNC(=O)[C@@H]1CCNC(=O)/C=C/C(=O)N2CCC[C@](Cc3ccccc3)(C2)C(=O)N[C@@H](Cc2ccc(-c3cccc(CCC(=O)O)c3)cc2)C(=O)NCc2ccccc2CC(=O)N1. The molecule has 0 aliphatic carbocycles. The highest BCUT2D eigenvalue weighted by Gasteiger charge is 2.44. The fraction of sp³-hybridized carbons (Fsp3) is 0.365. The first-order valence-electron chi connectivity index (χ1n) is 23.1. The number of nitrogens with zero attached hydrogens (tertiary/aromatic N) is 1. The number of ether oxygens (including phenoxy) is 1. The van der Waals surface area contributed by atoms with Crippen LogP contribution < -0.4 is 32.3 Å². The van der Waals surface area contributed by atoms with Gasteiger partial charge in [-0.3, -0.25) is 33.6 Å². The Morgan fingerprint density at radius 3 is 2.32 bits per heavy atom. The fourth-order valence-corrected chi connectivity index (χ4v) is 8.56. The molecule has 6 amide bonds. The summed E-state index contributed by atoms with van der Waals surface area (Å²) in [6.07, 6.45) is 3.93. The molecule has 16 nitrogen and oxygen atoms in total. The summed E-state index contributed by atoms with van der Waals surface area (Å²) in [7, 11) is 0. The number of carbonyl (C=O) groups excluding carboxylic acids is 6. The standard InChI is InChI=1S/C52H61N7O9/c53-24-28-68-29-26-55-49(65)43-22-25-54-45(60)19-20-47(62)59-27-7-23-52(35-59,33-38-8-2-1-3-9-38)51(67)58-44(50(66)56-34-42-12-5-4-11-41(42)32-46(61)57-43)31-37-14-17-39(18-15-37)40-13-6-10-36(30-40)16-21-48(63)64/h1-6,8-15,17-20,30,43-44H,7,16,21-29,31-35,53H2,(H,54,60)(H,55,65)(H,56,66)(H,57,61)(H,58,67)(H,63,64)/b20-19+/t43-,44-,52-/m0/s1. The van der Waals surface area contributed by atoms with E-state index < -0.39 is 58.9 Å². The zero-order valence-corrected chi connectivity index (χ0v) is 38.2. The fourth-order valence-electron chi connectivity index (χ4n) is 8.56. The summed E-state index contributed by atoms with van der Waals surface area (Å²) in [4.78, 5) is 95.9. The third-order valence-corrected chi connectivity index (χ3v) is 12.2. The second-order valence-electron chi connectivity index (χ2n) is 17.2. The molecular weight excluding hydrogens is 867 g/mol. The smallest absolute Gasteiger partial charge is 0.303 e. The van der Waals surface area contributed by atoms with Crippen molar-refractivity contribution in [3.05, 3.63) is 143 Å². The molecule has 8 N–H and O–H groups in total. The second kappa shape index (κ2) is 25.1. The van der Waals surface area contributed by atoms with Gasteiger partial charge in [-0.05, 0) is 71.0 Å². The Labute approximate surface area is 396 Å². The van der Waals surface area contributed by atoms with E-state index in [1.54, 1.807) is 29.2 Å². The van der Waals surface area contributed by atoms with Crippen LogP contribution in [0.25, 0.3) is 11.1 Å². The van der Waals surface area contributed by atoms with Crippen molar-refractivity contribution in [1.29, 1.82) is 0 Å². The highest BCUT2D eigenvalue weighted by atomic mass is 16.5. The van der Waals surface area contributed by atoms with Gasteiger partial charge in [0.1, 0.15) is 12.1 Å². The van der Waals surface area contributed by atoms with Crippen molar-refractivity contribution >= 4 is 41.4 Å². The van der Waals surface area contributed by atoms with Crippen LogP contribution in [0.1, 0.15) is 53.5 Å². The van der Waals surface area contributed by atoms with Crippen molar-refractivity contribution in [1.82, 2.24) is 31.5 Å². The van der Waals surface area contributed by atoms with E-state index in [-0.39, 0.29) is 64.9 Å². The molecule has 2 aliphatic heterocycles. The molecule has 0 saturated carbocycles. The zero-order valence-electron chi connectivity index (χ0n) is 38.2. The van der Waals surface area contributed by atoms with Crippen LogP contribution in [0.2, 0.25) is 0 Å². The van der Waals surface area contributed by atoms with Gasteiger partial charge in [-0.15, -0.1) is 0 Å². The molecule has 2 heterocycles. The Hall–Kier alpha value is -7.17. The molecule has 0 unspecified atom stereocenters. The molecule has 2 aliphatic rings. The Bertz CT molecular complexity index is 2430. The summed E-state index contributed by atoms with van der Waals surface area (Å²) in [6.45, 7) is 1.45. The first-order valence-corrected chi connectivity index (χ1v) is 23.1. The van der Waals surface area contributed by atoms with Crippen LogP contribution in [0.15, 0.2) is 115 Å². The molecule has 4 aromatic carbocycles. The molecule has 0 radical (unpaired) electrons. The van der Waals surface area contributed by atoms with Gasteiger partial charge in [0.25, 0.3) is 0 Å². The van der Waals surface area contributed by atoms with Gasteiger partial charge in [-0.25, -0.2) is 0 Å². The Morgan fingerprint density at radius 1 is 0.809 bits per heavy atom. The number of carbonyl (C=O) groups is 7. The number of benzene rings is 4. The maximum atomic E-state index is 14.9. The van der Waals surface area contributed by atoms with E-state index in [1.165, 1.54) is 0 Å². The number of fused-ring (bicyclic) bond motifs is 3. The van der Waals surface area contributed by atoms with E-state index in [0.717, 1.165) is 40.0 Å². The van der Waals surface area contributed by atoms with Crippen LogP contribution in [0, 0.1) is 5.41 Å². The van der Waals surface area contributed by atoms with E-state index in [9.17, 15) is 38.7 Å². The molecule has 68 heavy (non-hydrogen) atoms. The highest BCUT2D eigenvalue weighted by Crippen LogP contribution is 2.35. The van der Waals surface area contributed by atoms with Crippen LogP contribution in [0.3, 0.4) is 0 Å². The lowest BCUT2D eigenvalue weighted by atomic mass is 9.74. The van der Waals surface area contributed by atoms with Gasteiger partial charge in [0, 0.05) is 64.3 Å². The number of aliphatic carboxylic acids is 1. The lowest BCUT2D eigenvalue weighted by Crippen LogP contribution is -2.58. The van der Waals surface area contributed by atoms with Gasteiger partial charge in [-0.1, -0.05) is 103 Å². The van der Waals surface area contributed by atoms with Crippen molar-refractivity contribution in [3.8, 4) is 11.1 Å². The van der Waals surface area contributed by atoms with Crippen molar-refractivity contribution in [2.75, 3.05) is 45.9 Å². The van der Waals surface area contributed by atoms with Gasteiger partial charge in [0.15, 0.2) is 0 Å². The number of rotatable bonds is 14. The van der Waals surface area contributed by atoms with Crippen molar-refractivity contribution in [3.63, 3.8) is 0 Å². The predicted octanol–water partition coefficient (Wildman–Crippen LogP) is 2.76. The van der Waals surface area contributed by atoms with Gasteiger partial charge in [0.2, 0.25) is 35.4 Å². The number of hydrogen-bond acceptors (Lipinski definition) is 9. The number of nitrogens with one attached hydrogen (secondary N) is 5. The maximum Gasteiger partial charge on any atom is 0.303 e. The van der Waals surface area contributed by atoms with E-state index in [2.05, 4.69) is 26.6 Å². The van der Waals surface area contributed by atoms with Crippen LogP contribution in [0.5, 0.6) is 0 Å². The topological polar surface area (TPSA) is 238 Å². The minimum atomic E-state index is -1.14. The van der Waals surface area contributed by atoms with E-state index in [1.807, 2.05) is 78.9 Å². The molecule has 4 aromatic rings. The quantitative estimate of drug-likeness (QED) is 0.0914. The van der Waals surface area contributed by atoms with Crippen LogP contribution in [0.4, 0.5) is 0 Å². The minimum Gasteiger partial charge on any atom is -0.481 e. The number of aryl methyl sites for hydroxylation is 1. The molecule has 3 atom stereocenters. The number of hydrogen-bond donors (Lipinski definition) is 7. The molecule has 1 saturated heterocycles. The molecule has 0 spiro atoms. The summed E-state index contributed by atoms with van der Waals surface area (Å²) in [5.74, 6) is -3.71. The van der Waals surface area contributed by atoms with Gasteiger partial charge in [0.05, 0.1) is 25.0 Å². The molecule has 16 heteroatoms. The summed E-state index contributed by atoms with van der Waals surface area (Å²) in [5, 5.41) is 23.6. The lowest BCUT2D eigenvalue weighted by Gasteiger charge is -2.42.